The van der Waals surface area contributed by atoms with Crippen LogP contribution in [0, 0.1) is 6.92 Å². The highest BCUT2D eigenvalue weighted by atomic mass is 16.1. The minimum absolute atomic E-state index is 0.00464. The van der Waals surface area contributed by atoms with Gasteiger partial charge >= 0.3 is 0 Å². The SMILES string of the molecule is CCCCC[NH2+][C@@H](C)c1nc2ccccc2c(=O)n1-c1cccc(C)c1. The summed E-state index contributed by atoms with van der Waals surface area (Å²) >= 11 is 0. The van der Waals surface area contributed by atoms with E-state index in [1.165, 1.54) is 19.3 Å². The second kappa shape index (κ2) is 8.28. The molecule has 2 aromatic carbocycles. The summed E-state index contributed by atoms with van der Waals surface area (Å²) < 4.78 is 1.79. The molecule has 0 spiro atoms. The molecule has 0 bridgehead atoms. The number of hydrogen-bond acceptors (Lipinski definition) is 2. The first kappa shape index (κ1) is 18.3. The molecular weight excluding hydrogens is 322 g/mol. The number of unbranched alkanes of at least 4 members (excludes halogenated alkanes) is 2. The van der Waals surface area contributed by atoms with E-state index < -0.39 is 0 Å². The lowest BCUT2D eigenvalue weighted by atomic mass is 10.1. The predicted molar refractivity (Wildman–Crippen MR) is 107 cm³/mol. The van der Waals surface area contributed by atoms with E-state index in [9.17, 15) is 4.79 Å². The van der Waals surface area contributed by atoms with Crippen LogP contribution in [0.1, 0.15) is 50.5 Å². The Morgan fingerprint density at radius 3 is 2.69 bits per heavy atom. The molecule has 2 N–H and O–H groups in total. The molecule has 0 unspecified atom stereocenters. The van der Waals surface area contributed by atoms with Crippen molar-refractivity contribution < 1.29 is 5.32 Å². The van der Waals surface area contributed by atoms with Gasteiger partial charge in [0.2, 0.25) is 0 Å². The van der Waals surface area contributed by atoms with Gasteiger partial charge in [-0.05, 0) is 56.5 Å². The van der Waals surface area contributed by atoms with E-state index in [4.69, 9.17) is 4.98 Å². The highest BCUT2D eigenvalue weighted by Crippen LogP contribution is 2.17. The molecule has 0 aliphatic heterocycles. The van der Waals surface area contributed by atoms with E-state index in [-0.39, 0.29) is 11.6 Å². The maximum Gasteiger partial charge on any atom is 0.266 e. The number of nitrogens with two attached hydrogens (primary N) is 1. The van der Waals surface area contributed by atoms with Gasteiger partial charge in [-0.3, -0.25) is 9.36 Å². The summed E-state index contributed by atoms with van der Waals surface area (Å²) in [6, 6.07) is 15.8. The zero-order valence-corrected chi connectivity index (χ0v) is 15.9. The number of aryl methyl sites for hydroxylation is 1. The third-order valence-electron chi connectivity index (χ3n) is 4.80. The summed E-state index contributed by atoms with van der Waals surface area (Å²) in [6.07, 6.45) is 3.63. The van der Waals surface area contributed by atoms with Crippen molar-refractivity contribution in [1.82, 2.24) is 9.55 Å². The first-order valence-corrected chi connectivity index (χ1v) is 9.54. The molecule has 136 valence electrons. The average Bonchev–Trinajstić information content (AvgIpc) is 2.65. The van der Waals surface area contributed by atoms with Crippen molar-refractivity contribution in [3.63, 3.8) is 0 Å². The van der Waals surface area contributed by atoms with E-state index in [1.54, 1.807) is 4.57 Å². The molecule has 0 saturated carbocycles. The van der Waals surface area contributed by atoms with Crippen LogP contribution in [0.3, 0.4) is 0 Å². The molecule has 0 aliphatic carbocycles. The third kappa shape index (κ3) is 3.86. The van der Waals surface area contributed by atoms with Gasteiger partial charge in [-0.15, -0.1) is 0 Å². The van der Waals surface area contributed by atoms with Gasteiger partial charge in [-0.1, -0.05) is 37.6 Å². The number of hydrogen-bond donors (Lipinski definition) is 1. The van der Waals surface area contributed by atoms with Crippen LogP contribution in [-0.4, -0.2) is 16.1 Å². The molecule has 4 heteroatoms. The monoisotopic (exact) mass is 350 g/mol. The van der Waals surface area contributed by atoms with Crippen molar-refractivity contribution in [2.75, 3.05) is 6.54 Å². The standard InChI is InChI=1S/C22H27N3O/c1-4-5-8-14-23-17(3)21-24-20-13-7-6-12-19(20)22(26)25(21)18-11-9-10-16(2)15-18/h6-7,9-13,15,17,23H,4-5,8,14H2,1-3H3/p+1/t17-/m0/s1. The first-order valence-electron chi connectivity index (χ1n) is 9.54. The summed E-state index contributed by atoms with van der Waals surface area (Å²) in [7, 11) is 0. The van der Waals surface area contributed by atoms with Crippen molar-refractivity contribution in [2.24, 2.45) is 0 Å². The summed E-state index contributed by atoms with van der Waals surface area (Å²) in [4.78, 5) is 18.1. The lowest BCUT2D eigenvalue weighted by Crippen LogP contribution is -2.85. The number of quaternary nitrogens is 1. The molecule has 0 aliphatic rings. The van der Waals surface area contributed by atoms with Gasteiger partial charge < -0.3 is 5.32 Å². The van der Waals surface area contributed by atoms with Crippen LogP contribution in [0.5, 0.6) is 0 Å². The summed E-state index contributed by atoms with van der Waals surface area (Å²) in [5.41, 5.74) is 2.79. The van der Waals surface area contributed by atoms with Gasteiger partial charge in [0, 0.05) is 0 Å². The maximum atomic E-state index is 13.3. The highest BCUT2D eigenvalue weighted by molar-refractivity contribution is 5.77. The fourth-order valence-corrected chi connectivity index (χ4v) is 3.34. The van der Waals surface area contributed by atoms with E-state index in [1.807, 2.05) is 55.5 Å². The molecule has 4 nitrogen and oxygen atoms in total. The van der Waals surface area contributed by atoms with E-state index in [2.05, 4.69) is 19.2 Å². The lowest BCUT2D eigenvalue weighted by molar-refractivity contribution is -0.694. The van der Waals surface area contributed by atoms with E-state index in [0.717, 1.165) is 29.1 Å². The topological polar surface area (TPSA) is 51.5 Å². The molecule has 3 rings (SSSR count). The number of para-hydroxylation sites is 1. The molecule has 0 amide bonds. The minimum Gasteiger partial charge on any atom is -0.338 e. The van der Waals surface area contributed by atoms with Crippen LogP contribution in [0.2, 0.25) is 0 Å². The largest absolute Gasteiger partial charge is 0.338 e. The Morgan fingerprint density at radius 2 is 1.92 bits per heavy atom. The Bertz CT molecular complexity index is 946. The minimum atomic E-state index is 0.00464. The second-order valence-electron chi connectivity index (χ2n) is 6.99. The fraction of sp³-hybridized carbons (Fsp3) is 0.364. The molecule has 1 aromatic heterocycles. The zero-order chi connectivity index (χ0) is 18.5. The smallest absolute Gasteiger partial charge is 0.266 e. The van der Waals surface area contributed by atoms with Gasteiger partial charge in [0.05, 0.1) is 23.1 Å². The average molecular weight is 350 g/mol. The van der Waals surface area contributed by atoms with Crippen molar-refractivity contribution in [3.8, 4) is 5.69 Å². The lowest BCUT2D eigenvalue weighted by Gasteiger charge is -2.18. The molecule has 1 atom stereocenters. The van der Waals surface area contributed by atoms with E-state index >= 15 is 0 Å². The Kier molecular flexibility index (Phi) is 5.84. The molecule has 0 saturated heterocycles. The summed E-state index contributed by atoms with van der Waals surface area (Å²) in [5.74, 6) is 0.816. The number of nitrogens with zero attached hydrogens (tertiary/aromatic N) is 2. The zero-order valence-electron chi connectivity index (χ0n) is 15.9. The number of fused-ring (bicyclic) bond motifs is 1. The maximum absolute atomic E-state index is 13.3. The van der Waals surface area contributed by atoms with Crippen LogP contribution >= 0.6 is 0 Å². The normalized spacial score (nSPS) is 12.4. The van der Waals surface area contributed by atoms with Crippen molar-refractivity contribution in [2.45, 2.75) is 46.1 Å². The van der Waals surface area contributed by atoms with Gasteiger partial charge in [-0.25, -0.2) is 4.98 Å². The quantitative estimate of drug-likeness (QED) is 0.663. The molecule has 1 heterocycles. The summed E-state index contributed by atoms with van der Waals surface area (Å²) in [6.45, 7) is 7.44. The second-order valence-corrected chi connectivity index (χ2v) is 6.99. The number of rotatable bonds is 7. The molecular formula is C22H28N3O+. The highest BCUT2D eigenvalue weighted by Gasteiger charge is 2.19. The molecule has 0 radical (unpaired) electrons. The molecule has 3 aromatic rings. The Hall–Kier alpha value is -2.46. The van der Waals surface area contributed by atoms with Crippen LogP contribution < -0.4 is 10.9 Å². The molecule has 26 heavy (non-hydrogen) atoms. The fourth-order valence-electron chi connectivity index (χ4n) is 3.34. The Labute approximate surface area is 154 Å². The van der Waals surface area contributed by atoms with Crippen molar-refractivity contribution >= 4 is 10.9 Å². The number of aromatic nitrogens is 2. The van der Waals surface area contributed by atoms with Gasteiger partial charge in [0.1, 0.15) is 6.04 Å². The van der Waals surface area contributed by atoms with Crippen molar-refractivity contribution in [1.29, 1.82) is 0 Å². The van der Waals surface area contributed by atoms with Gasteiger partial charge in [0.25, 0.3) is 5.56 Å². The van der Waals surface area contributed by atoms with Crippen molar-refractivity contribution in [3.05, 3.63) is 70.3 Å². The Morgan fingerprint density at radius 1 is 1.12 bits per heavy atom. The van der Waals surface area contributed by atoms with Crippen LogP contribution in [0.4, 0.5) is 0 Å². The predicted octanol–water partition coefficient (Wildman–Crippen LogP) is 3.51. The summed E-state index contributed by atoms with van der Waals surface area (Å²) in [5, 5.41) is 2.95. The van der Waals surface area contributed by atoms with Crippen LogP contribution in [-0.2, 0) is 0 Å². The van der Waals surface area contributed by atoms with E-state index in [0.29, 0.717) is 5.39 Å². The Balaban J connectivity index is 2.10. The van der Waals surface area contributed by atoms with Gasteiger partial charge in [-0.2, -0.15) is 0 Å². The van der Waals surface area contributed by atoms with Crippen LogP contribution in [0.25, 0.3) is 16.6 Å². The molecule has 0 fully saturated rings. The van der Waals surface area contributed by atoms with Crippen LogP contribution in [0.15, 0.2) is 53.3 Å². The van der Waals surface area contributed by atoms with Gasteiger partial charge in [0.15, 0.2) is 5.82 Å². The first-order chi connectivity index (χ1) is 12.6. The third-order valence-corrected chi connectivity index (χ3v) is 4.80. The number of benzene rings is 2.